The largest absolute Gasteiger partial charge is 0.417 e. The van der Waals surface area contributed by atoms with Crippen molar-refractivity contribution in [2.45, 2.75) is 71.3 Å². The van der Waals surface area contributed by atoms with Gasteiger partial charge >= 0.3 is 0 Å². The summed E-state index contributed by atoms with van der Waals surface area (Å²) in [7, 11) is -1.79. The van der Waals surface area contributed by atoms with Crippen LogP contribution in [0.2, 0.25) is 18.1 Å². The van der Waals surface area contributed by atoms with Crippen LogP contribution in [0.4, 0.5) is 0 Å². The fourth-order valence-electron chi connectivity index (χ4n) is 0.929. The Bertz CT molecular complexity index is 408. The van der Waals surface area contributed by atoms with Crippen molar-refractivity contribution in [1.29, 1.82) is 0 Å². The first-order valence-electron chi connectivity index (χ1n) is 9.27. The number of allylic oxidation sites excluding steroid dienone is 2. The van der Waals surface area contributed by atoms with Gasteiger partial charge in [0.1, 0.15) is 0 Å². The fourth-order valence-corrected chi connectivity index (χ4v) is 2.02. The topological polar surface area (TPSA) is 9.23 Å². The standard InChI is InChI=1S/C14H30OSi/c1-7-8-9-10-11-12-13-15-16(5,6)14(2,3)4/h9-10H,7-8,11-13H2,1-6H3/b10-9-/i1D3,7D2,8D2. The lowest BCUT2D eigenvalue weighted by molar-refractivity contribution is 0.283. The molecule has 0 saturated heterocycles. The summed E-state index contributed by atoms with van der Waals surface area (Å²) in [5.41, 5.74) is 0. The van der Waals surface area contributed by atoms with E-state index in [9.17, 15) is 0 Å². The predicted molar refractivity (Wildman–Crippen MR) is 76.4 cm³/mol. The van der Waals surface area contributed by atoms with Crippen molar-refractivity contribution in [2.24, 2.45) is 0 Å². The van der Waals surface area contributed by atoms with Crippen LogP contribution in [-0.4, -0.2) is 14.9 Å². The maximum absolute atomic E-state index is 7.67. The molecular formula is C14H30OSi. The van der Waals surface area contributed by atoms with E-state index in [4.69, 9.17) is 14.0 Å². The molecular weight excluding hydrogens is 212 g/mol. The van der Waals surface area contributed by atoms with E-state index < -0.39 is 27.9 Å². The first-order valence-corrected chi connectivity index (χ1v) is 8.68. The monoisotopic (exact) mass is 249 g/mol. The smallest absolute Gasteiger partial charge is 0.191 e. The van der Waals surface area contributed by atoms with E-state index in [-0.39, 0.29) is 5.04 Å². The second kappa shape index (κ2) is 7.28. The highest BCUT2D eigenvalue weighted by Gasteiger charge is 2.36. The summed E-state index contributed by atoms with van der Waals surface area (Å²) < 4.78 is 57.7. The number of rotatable bonds is 7. The van der Waals surface area contributed by atoms with E-state index in [0.717, 1.165) is 6.08 Å². The lowest BCUT2D eigenvalue weighted by Crippen LogP contribution is -2.40. The van der Waals surface area contributed by atoms with E-state index >= 15 is 0 Å². The molecule has 16 heavy (non-hydrogen) atoms. The van der Waals surface area contributed by atoms with Gasteiger partial charge in [0.25, 0.3) is 0 Å². The molecule has 0 aliphatic carbocycles. The Kier molecular flexibility index (Phi) is 3.36. The highest BCUT2D eigenvalue weighted by atomic mass is 28.4. The average molecular weight is 250 g/mol. The number of hydrogen-bond acceptors (Lipinski definition) is 1. The summed E-state index contributed by atoms with van der Waals surface area (Å²) in [6, 6.07) is 0. The molecule has 1 nitrogen and oxygen atoms in total. The Hall–Kier alpha value is -0.0831. The van der Waals surface area contributed by atoms with E-state index in [2.05, 4.69) is 33.9 Å². The van der Waals surface area contributed by atoms with Crippen molar-refractivity contribution in [3.8, 4) is 0 Å². The summed E-state index contributed by atoms with van der Waals surface area (Å²) in [4.78, 5) is 0. The van der Waals surface area contributed by atoms with Gasteiger partial charge in [-0.25, -0.2) is 0 Å². The van der Waals surface area contributed by atoms with Crippen LogP contribution in [-0.2, 0) is 4.43 Å². The summed E-state index contributed by atoms with van der Waals surface area (Å²) >= 11 is 0. The van der Waals surface area contributed by atoms with Gasteiger partial charge in [0, 0.05) is 16.2 Å². The van der Waals surface area contributed by atoms with Gasteiger partial charge in [-0.3, -0.25) is 0 Å². The third-order valence-electron chi connectivity index (χ3n) is 3.06. The molecule has 0 fully saturated rings. The first-order chi connectivity index (χ1) is 9.96. The zero-order valence-corrected chi connectivity index (χ0v) is 12.2. The van der Waals surface area contributed by atoms with Crippen LogP contribution in [0.3, 0.4) is 0 Å². The third-order valence-corrected chi connectivity index (χ3v) is 7.60. The Morgan fingerprint density at radius 1 is 1.31 bits per heavy atom. The summed E-state index contributed by atoms with van der Waals surface area (Å²) in [5, 5.41) is 0.135. The van der Waals surface area contributed by atoms with E-state index in [1.54, 1.807) is 0 Å². The van der Waals surface area contributed by atoms with Gasteiger partial charge in [0.2, 0.25) is 0 Å². The zero-order valence-electron chi connectivity index (χ0n) is 18.2. The molecule has 0 N–H and O–H groups in total. The average Bonchev–Trinajstić information content (AvgIpc) is 2.30. The molecule has 0 spiro atoms. The Morgan fingerprint density at radius 3 is 2.56 bits per heavy atom. The minimum Gasteiger partial charge on any atom is -0.417 e. The summed E-state index contributed by atoms with van der Waals surface area (Å²) in [5.74, 6) is 0. The normalized spacial score (nSPS) is 22.7. The van der Waals surface area contributed by atoms with Gasteiger partial charge < -0.3 is 4.43 Å². The van der Waals surface area contributed by atoms with Gasteiger partial charge in [0.05, 0.1) is 0 Å². The Morgan fingerprint density at radius 2 is 2.00 bits per heavy atom. The molecule has 0 aromatic heterocycles. The van der Waals surface area contributed by atoms with Gasteiger partial charge in [-0.05, 0) is 37.3 Å². The predicted octanol–water partition coefficient (Wildman–Crippen LogP) is 5.14. The molecule has 0 rings (SSSR count). The van der Waals surface area contributed by atoms with Crippen molar-refractivity contribution < 1.29 is 14.0 Å². The van der Waals surface area contributed by atoms with Crippen LogP contribution in [0.5, 0.6) is 0 Å². The maximum Gasteiger partial charge on any atom is 0.191 e. The molecule has 96 valence electrons. The molecule has 0 saturated carbocycles. The van der Waals surface area contributed by atoms with Crippen LogP contribution >= 0.6 is 0 Å². The molecule has 0 bridgehead atoms. The Labute approximate surface area is 113 Å². The molecule has 0 radical (unpaired) electrons. The molecule has 0 atom stereocenters. The molecule has 0 amide bonds. The first kappa shape index (κ1) is 7.37. The minimum atomic E-state index is -3.01. The second-order valence-electron chi connectivity index (χ2n) is 5.42. The maximum atomic E-state index is 7.67. The molecule has 0 heterocycles. The second-order valence-corrected chi connectivity index (χ2v) is 10.2. The highest BCUT2D eigenvalue weighted by molar-refractivity contribution is 6.74. The van der Waals surface area contributed by atoms with E-state index in [1.807, 2.05) is 0 Å². The van der Waals surface area contributed by atoms with Crippen LogP contribution < -0.4 is 0 Å². The number of unbranched alkanes of at least 4 members (excludes halogenated alkanes) is 1. The molecule has 0 aromatic carbocycles. The van der Waals surface area contributed by atoms with Crippen molar-refractivity contribution in [1.82, 2.24) is 0 Å². The highest BCUT2D eigenvalue weighted by Crippen LogP contribution is 2.36. The minimum absolute atomic E-state index is 0.135. The molecule has 0 aliphatic heterocycles. The van der Waals surface area contributed by atoms with Crippen LogP contribution in [0, 0.1) is 0 Å². The molecule has 0 aliphatic rings. The fraction of sp³-hybridized carbons (Fsp3) is 0.857. The molecule has 2 heteroatoms. The molecule has 0 unspecified atom stereocenters. The van der Waals surface area contributed by atoms with Gasteiger partial charge in [-0.15, -0.1) is 0 Å². The van der Waals surface area contributed by atoms with Gasteiger partial charge in [-0.2, -0.15) is 0 Å². The van der Waals surface area contributed by atoms with Crippen molar-refractivity contribution in [3.05, 3.63) is 12.2 Å². The quantitative estimate of drug-likeness (QED) is 0.345. The van der Waals surface area contributed by atoms with Crippen LogP contribution in [0.25, 0.3) is 0 Å². The van der Waals surface area contributed by atoms with E-state index in [0.29, 0.717) is 19.4 Å². The Balaban J connectivity index is 4.47. The van der Waals surface area contributed by atoms with Crippen LogP contribution in [0.15, 0.2) is 12.2 Å². The van der Waals surface area contributed by atoms with Crippen molar-refractivity contribution >= 4 is 8.32 Å². The van der Waals surface area contributed by atoms with Gasteiger partial charge in [-0.1, -0.05) is 46.1 Å². The SMILES string of the molecule is [2H]C([2H])([2H])C([2H])([2H])C([2H])([2H])/C=C\CCCO[Si](C)(C)C(C)(C)C. The molecule has 0 aromatic rings. The number of hydrogen-bond donors (Lipinski definition) is 0. The summed E-state index contributed by atoms with van der Waals surface area (Å²) in [6.07, 6.45) is -1.74. The van der Waals surface area contributed by atoms with E-state index in [1.165, 1.54) is 6.08 Å². The lowest BCUT2D eigenvalue weighted by Gasteiger charge is -2.36. The van der Waals surface area contributed by atoms with Gasteiger partial charge in [0.15, 0.2) is 8.32 Å². The van der Waals surface area contributed by atoms with Crippen molar-refractivity contribution in [2.75, 3.05) is 6.61 Å². The van der Waals surface area contributed by atoms with Crippen molar-refractivity contribution in [3.63, 3.8) is 0 Å². The van der Waals surface area contributed by atoms with Crippen LogP contribution in [0.1, 0.15) is 62.8 Å². The third kappa shape index (κ3) is 6.49. The summed E-state index contributed by atoms with van der Waals surface area (Å²) in [6.45, 7) is 8.35. The lowest BCUT2D eigenvalue weighted by atomic mass is 10.2. The zero-order chi connectivity index (χ0) is 18.7.